The van der Waals surface area contributed by atoms with Gasteiger partial charge in [-0.05, 0) is 44.7 Å². The largest absolute Gasteiger partial charge is 0.394 e. The maximum Gasteiger partial charge on any atom is 0.0847 e. The van der Waals surface area contributed by atoms with E-state index in [2.05, 4.69) is 24.0 Å². The maximum absolute atomic E-state index is 8.97. The average Bonchev–Trinajstić information content (AvgIpc) is 3.10. The molecule has 1 aromatic heterocycles. The molecular weight excluding hydrogens is 298 g/mol. The predicted octanol–water partition coefficient (Wildman–Crippen LogP) is 2.58. The molecule has 1 N–H and O–H groups in total. The monoisotopic (exact) mass is 325 g/mol. The van der Waals surface area contributed by atoms with Gasteiger partial charge in [0.05, 0.1) is 24.9 Å². The highest BCUT2D eigenvalue weighted by Crippen LogP contribution is 2.43. The van der Waals surface area contributed by atoms with Crippen molar-refractivity contribution in [2.24, 2.45) is 0 Å². The molecule has 1 saturated carbocycles. The summed E-state index contributed by atoms with van der Waals surface area (Å²) in [6, 6.07) is 4.88. The van der Waals surface area contributed by atoms with E-state index in [1.807, 2.05) is 18.4 Å². The Labute approximate surface area is 137 Å². The first-order valence-corrected chi connectivity index (χ1v) is 9.05. The van der Waals surface area contributed by atoms with Crippen molar-refractivity contribution in [2.45, 2.75) is 56.9 Å². The molecule has 3 rings (SSSR count). The maximum atomic E-state index is 8.97. The van der Waals surface area contributed by atoms with Crippen molar-refractivity contribution in [3.63, 3.8) is 0 Å². The molecule has 2 heterocycles. The Kier molecular flexibility index (Phi) is 5.20. The summed E-state index contributed by atoms with van der Waals surface area (Å²) in [4.78, 5) is 5.38. The highest BCUT2D eigenvalue weighted by molar-refractivity contribution is 7.11. The fourth-order valence-corrected chi connectivity index (χ4v) is 5.00. The van der Waals surface area contributed by atoms with Crippen LogP contribution in [0.2, 0.25) is 0 Å². The third kappa shape index (κ3) is 3.24. The summed E-state index contributed by atoms with van der Waals surface area (Å²) in [5.74, 6) is 0. The number of aryl methyl sites for hydroxylation is 1. The van der Waals surface area contributed by atoms with Gasteiger partial charge in [0, 0.05) is 36.0 Å². The second-order valence-electron chi connectivity index (χ2n) is 6.51. The third-order valence-corrected chi connectivity index (χ3v) is 6.24. The van der Waals surface area contributed by atoms with E-state index in [9.17, 15) is 0 Å². The fourth-order valence-electron chi connectivity index (χ4n) is 4.09. The molecule has 3 atom stereocenters. The van der Waals surface area contributed by atoms with Crippen molar-refractivity contribution in [3.8, 4) is 0 Å². The highest BCUT2D eigenvalue weighted by Gasteiger charge is 2.51. The second-order valence-corrected chi connectivity index (χ2v) is 7.88. The normalized spacial score (nSPS) is 32.3. The molecule has 0 radical (unpaired) electrons. The summed E-state index contributed by atoms with van der Waals surface area (Å²) in [6.45, 7) is 4.83. The molecule has 22 heavy (non-hydrogen) atoms. The van der Waals surface area contributed by atoms with E-state index < -0.39 is 0 Å². The molecule has 0 aromatic carbocycles. The molecule has 0 amide bonds. The smallest absolute Gasteiger partial charge is 0.0847 e. The van der Waals surface area contributed by atoms with Gasteiger partial charge in [0.15, 0.2) is 0 Å². The van der Waals surface area contributed by atoms with Gasteiger partial charge in [-0.25, -0.2) is 0 Å². The Morgan fingerprint density at radius 1 is 1.41 bits per heavy atom. The van der Waals surface area contributed by atoms with Gasteiger partial charge in [-0.15, -0.1) is 11.3 Å². The van der Waals surface area contributed by atoms with E-state index in [-0.39, 0.29) is 18.3 Å². The molecule has 1 aliphatic heterocycles. The highest BCUT2D eigenvalue weighted by atomic mass is 32.1. The number of likely N-dealkylation sites (tertiary alicyclic amines) is 1. The van der Waals surface area contributed by atoms with Gasteiger partial charge in [-0.1, -0.05) is 0 Å². The minimum Gasteiger partial charge on any atom is -0.394 e. The number of ether oxygens (including phenoxy) is 2. The van der Waals surface area contributed by atoms with Crippen LogP contribution in [-0.4, -0.2) is 54.6 Å². The van der Waals surface area contributed by atoms with Gasteiger partial charge in [0.2, 0.25) is 0 Å². The van der Waals surface area contributed by atoms with Gasteiger partial charge >= 0.3 is 0 Å². The molecule has 5 heteroatoms. The first kappa shape index (κ1) is 16.4. The van der Waals surface area contributed by atoms with Crippen molar-refractivity contribution >= 4 is 11.3 Å². The van der Waals surface area contributed by atoms with Crippen molar-refractivity contribution in [1.82, 2.24) is 4.90 Å². The summed E-state index contributed by atoms with van der Waals surface area (Å²) in [6.07, 6.45) is 4.48. The Morgan fingerprint density at radius 2 is 2.27 bits per heavy atom. The first-order valence-electron chi connectivity index (χ1n) is 8.24. The zero-order valence-electron chi connectivity index (χ0n) is 13.6. The second kappa shape index (κ2) is 6.97. The lowest BCUT2D eigenvalue weighted by Crippen LogP contribution is -2.51. The standard InChI is InChI=1S/C17H27NO3S/c1-13-3-4-15(22-13)12-18-8-7-17(20-2)6-5-14(11-16(17)18)21-10-9-19/h3-4,14,16,19H,5-12H2,1-2H3/t14-,16-,17+/m0/s1. The van der Waals surface area contributed by atoms with Crippen LogP contribution in [0, 0.1) is 6.92 Å². The Hall–Kier alpha value is -0.460. The van der Waals surface area contributed by atoms with Crippen LogP contribution in [-0.2, 0) is 16.0 Å². The molecule has 0 bridgehead atoms. The Bertz CT molecular complexity index is 492. The van der Waals surface area contributed by atoms with Gasteiger partial charge in [-0.3, -0.25) is 4.90 Å². The molecule has 0 spiro atoms. The summed E-state index contributed by atoms with van der Waals surface area (Å²) < 4.78 is 11.8. The summed E-state index contributed by atoms with van der Waals surface area (Å²) >= 11 is 1.89. The van der Waals surface area contributed by atoms with Crippen LogP contribution in [0.1, 0.15) is 35.4 Å². The zero-order valence-corrected chi connectivity index (χ0v) is 14.4. The van der Waals surface area contributed by atoms with Crippen molar-refractivity contribution in [2.75, 3.05) is 26.9 Å². The van der Waals surface area contributed by atoms with Crippen LogP contribution in [0.3, 0.4) is 0 Å². The number of thiophene rings is 1. The number of aliphatic hydroxyl groups is 1. The van der Waals surface area contributed by atoms with Crippen molar-refractivity contribution in [3.05, 3.63) is 21.9 Å². The number of rotatable bonds is 6. The number of hydrogen-bond acceptors (Lipinski definition) is 5. The summed E-state index contributed by atoms with van der Waals surface area (Å²) in [5.41, 5.74) is 0.00534. The van der Waals surface area contributed by atoms with Gasteiger partial charge < -0.3 is 14.6 Å². The Balaban J connectivity index is 1.69. The van der Waals surface area contributed by atoms with Gasteiger partial charge in [0.1, 0.15) is 0 Å². The lowest BCUT2D eigenvalue weighted by atomic mass is 9.79. The van der Waals surface area contributed by atoms with Crippen LogP contribution < -0.4 is 0 Å². The molecule has 0 unspecified atom stereocenters. The number of aliphatic hydroxyl groups excluding tert-OH is 1. The van der Waals surface area contributed by atoms with E-state index in [1.54, 1.807) is 0 Å². The number of methoxy groups -OCH3 is 1. The zero-order chi connectivity index (χ0) is 15.6. The lowest BCUT2D eigenvalue weighted by Gasteiger charge is -2.43. The van der Waals surface area contributed by atoms with Crippen molar-refractivity contribution < 1.29 is 14.6 Å². The molecular formula is C17H27NO3S. The minimum atomic E-state index is 0.00534. The predicted molar refractivity (Wildman–Crippen MR) is 88.3 cm³/mol. The van der Waals surface area contributed by atoms with Crippen LogP contribution in [0.4, 0.5) is 0 Å². The van der Waals surface area contributed by atoms with Crippen LogP contribution in [0.15, 0.2) is 12.1 Å². The van der Waals surface area contributed by atoms with E-state index in [0.717, 1.165) is 38.8 Å². The molecule has 4 nitrogen and oxygen atoms in total. The number of hydrogen-bond donors (Lipinski definition) is 1. The quantitative estimate of drug-likeness (QED) is 0.873. The van der Waals surface area contributed by atoms with E-state index in [0.29, 0.717) is 12.6 Å². The fraction of sp³-hybridized carbons (Fsp3) is 0.765. The SMILES string of the molecule is CO[C@@]12CC[C@H](OCCO)C[C@@H]1N(Cc1ccc(C)s1)CC2. The van der Waals surface area contributed by atoms with E-state index in [4.69, 9.17) is 14.6 Å². The molecule has 2 aliphatic rings. The number of nitrogens with zero attached hydrogens (tertiary/aromatic N) is 1. The van der Waals surface area contributed by atoms with Crippen LogP contribution in [0.25, 0.3) is 0 Å². The molecule has 2 fully saturated rings. The summed E-state index contributed by atoms with van der Waals surface area (Å²) in [7, 11) is 1.86. The average molecular weight is 325 g/mol. The first-order chi connectivity index (χ1) is 10.7. The molecule has 124 valence electrons. The molecule has 1 aromatic rings. The topological polar surface area (TPSA) is 41.9 Å². The van der Waals surface area contributed by atoms with Gasteiger partial charge in [-0.2, -0.15) is 0 Å². The molecule has 1 aliphatic carbocycles. The van der Waals surface area contributed by atoms with E-state index >= 15 is 0 Å². The van der Waals surface area contributed by atoms with Crippen LogP contribution in [0.5, 0.6) is 0 Å². The van der Waals surface area contributed by atoms with E-state index in [1.165, 1.54) is 9.75 Å². The molecule has 1 saturated heterocycles. The number of fused-ring (bicyclic) bond motifs is 1. The summed E-state index contributed by atoms with van der Waals surface area (Å²) in [5, 5.41) is 8.97. The minimum absolute atomic E-state index is 0.00534. The third-order valence-electron chi connectivity index (χ3n) is 5.25. The van der Waals surface area contributed by atoms with Gasteiger partial charge in [0.25, 0.3) is 0 Å². The lowest BCUT2D eigenvalue weighted by molar-refractivity contribution is -0.104. The van der Waals surface area contributed by atoms with Crippen molar-refractivity contribution in [1.29, 1.82) is 0 Å². The Morgan fingerprint density at radius 3 is 2.95 bits per heavy atom. The van der Waals surface area contributed by atoms with Crippen LogP contribution >= 0.6 is 11.3 Å².